The van der Waals surface area contributed by atoms with Crippen LogP contribution in [0.1, 0.15) is 32.0 Å². The first kappa shape index (κ1) is 18.0. The van der Waals surface area contributed by atoms with Crippen LogP contribution in [0.2, 0.25) is 0 Å². The lowest BCUT2D eigenvalue weighted by Crippen LogP contribution is -2.39. The fourth-order valence-corrected chi connectivity index (χ4v) is 3.00. The Kier molecular flexibility index (Phi) is 5.45. The van der Waals surface area contributed by atoms with E-state index in [0.29, 0.717) is 0 Å². The van der Waals surface area contributed by atoms with Crippen LogP contribution in [0.25, 0.3) is 5.69 Å². The predicted octanol–water partition coefficient (Wildman–Crippen LogP) is 3.22. The highest BCUT2D eigenvalue weighted by Crippen LogP contribution is 2.26. The lowest BCUT2D eigenvalue weighted by molar-refractivity contribution is 0.0398. The highest BCUT2D eigenvalue weighted by atomic mass is 16.5. The molecule has 0 bridgehead atoms. The third-order valence-electron chi connectivity index (χ3n) is 4.56. The Bertz CT molecular complexity index is 696. The minimum atomic E-state index is 0.0235. The van der Waals surface area contributed by atoms with Gasteiger partial charge in [-0.3, -0.25) is 4.90 Å². The molecule has 1 aliphatic heterocycles. The average molecular weight is 342 g/mol. The molecular weight excluding hydrogens is 312 g/mol. The van der Waals surface area contributed by atoms with Gasteiger partial charge in [0.2, 0.25) is 0 Å². The average Bonchev–Trinajstić information content (AvgIpc) is 3.00. The fraction of sp³-hybridized carbons (Fsp3) is 0.550. The van der Waals surface area contributed by atoms with E-state index in [9.17, 15) is 0 Å². The van der Waals surface area contributed by atoms with Crippen LogP contribution in [-0.2, 0) is 10.2 Å². The first-order valence-electron chi connectivity index (χ1n) is 9.15. The van der Waals surface area contributed by atoms with Crippen molar-refractivity contribution in [1.82, 2.24) is 14.7 Å². The molecule has 1 aromatic carbocycles. The van der Waals surface area contributed by atoms with Crippen molar-refractivity contribution < 1.29 is 4.74 Å². The van der Waals surface area contributed by atoms with E-state index < -0.39 is 0 Å². The summed E-state index contributed by atoms with van der Waals surface area (Å²) < 4.78 is 7.45. The Morgan fingerprint density at radius 1 is 1.16 bits per heavy atom. The van der Waals surface area contributed by atoms with Crippen molar-refractivity contribution in [3.8, 4) is 5.69 Å². The molecule has 2 heterocycles. The maximum Gasteiger partial charge on any atom is 0.130 e. The van der Waals surface area contributed by atoms with Crippen LogP contribution in [-0.4, -0.2) is 54.1 Å². The Morgan fingerprint density at radius 2 is 1.92 bits per heavy atom. The minimum Gasteiger partial charge on any atom is -0.379 e. The summed E-state index contributed by atoms with van der Waals surface area (Å²) in [5.41, 5.74) is 3.47. The highest BCUT2D eigenvalue weighted by Gasteiger charge is 2.20. The van der Waals surface area contributed by atoms with Crippen LogP contribution < -0.4 is 5.32 Å². The molecule has 0 spiro atoms. The van der Waals surface area contributed by atoms with Gasteiger partial charge in [0.25, 0.3) is 0 Å². The number of hydrogen-bond acceptors (Lipinski definition) is 4. The zero-order valence-corrected chi connectivity index (χ0v) is 15.9. The number of rotatable bonds is 5. The van der Waals surface area contributed by atoms with Crippen molar-refractivity contribution in [3.05, 3.63) is 41.6 Å². The molecule has 25 heavy (non-hydrogen) atoms. The molecular formula is C20H30N4O. The smallest absolute Gasteiger partial charge is 0.130 e. The first-order valence-corrected chi connectivity index (χ1v) is 9.15. The number of morpholine rings is 1. The van der Waals surface area contributed by atoms with Gasteiger partial charge in [0.1, 0.15) is 5.82 Å². The standard InChI is InChI=1S/C20H30N4O/c1-16-6-5-7-17(14-16)24-19(15-18(22-24)20(2,3)4)21-8-9-23-10-12-25-13-11-23/h5-7,14-15,21H,8-13H2,1-4H3. The molecule has 0 unspecified atom stereocenters. The Morgan fingerprint density at radius 3 is 2.60 bits per heavy atom. The molecule has 2 aromatic rings. The predicted molar refractivity (Wildman–Crippen MR) is 103 cm³/mol. The zero-order chi connectivity index (χ0) is 17.9. The summed E-state index contributed by atoms with van der Waals surface area (Å²) in [6.07, 6.45) is 0. The molecule has 5 nitrogen and oxygen atoms in total. The molecule has 0 atom stereocenters. The highest BCUT2D eigenvalue weighted by molar-refractivity contribution is 5.48. The molecule has 1 fully saturated rings. The summed E-state index contributed by atoms with van der Waals surface area (Å²) in [5, 5.41) is 8.47. The second kappa shape index (κ2) is 7.58. The van der Waals surface area contributed by atoms with E-state index in [1.807, 2.05) is 4.68 Å². The summed E-state index contributed by atoms with van der Waals surface area (Å²) >= 11 is 0. The lowest BCUT2D eigenvalue weighted by Gasteiger charge is -2.26. The first-order chi connectivity index (χ1) is 11.9. The molecule has 1 aliphatic rings. The Balaban J connectivity index is 1.77. The van der Waals surface area contributed by atoms with E-state index in [1.165, 1.54) is 5.56 Å². The zero-order valence-electron chi connectivity index (χ0n) is 15.9. The molecule has 0 aliphatic carbocycles. The van der Waals surface area contributed by atoms with E-state index in [1.54, 1.807) is 0 Å². The lowest BCUT2D eigenvalue weighted by atomic mass is 9.92. The number of aromatic nitrogens is 2. The number of ether oxygens (including phenoxy) is 1. The maximum atomic E-state index is 5.42. The molecule has 1 N–H and O–H groups in total. The van der Waals surface area contributed by atoms with E-state index in [0.717, 1.165) is 56.6 Å². The summed E-state index contributed by atoms with van der Waals surface area (Å²) in [5.74, 6) is 1.06. The van der Waals surface area contributed by atoms with Crippen LogP contribution in [0.4, 0.5) is 5.82 Å². The van der Waals surface area contributed by atoms with Gasteiger partial charge in [0.15, 0.2) is 0 Å². The Hall–Kier alpha value is -1.85. The number of anilines is 1. The molecule has 1 saturated heterocycles. The van der Waals surface area contributed by atoms with Gasteiger partial charge in [-0.05, 0) is 24.6 Å². The molecule has 136 valence electrons. The third kappa shape index (κ3) is 4.61. The van der Waals surface area contributed by atoms with Crippen LogP contribution >= 0.6 is 0 Å². The number of nitrogens with one attached hydrogen (secondary N) is 1. The van der Waals surface area contributed by atoms with Crippen molar-refractivity contribution in [2.45, 2.75) is 33.1 Å². The summed E-state index contributed by atoms with van der Waals surface area (Å²) in [4.78, 5) is 2.44. The van der Waals surface area contributed by atoms with E-state index >= 15 is 0 Å². The van der Waals surface area contributed by atoms with Gasteiger partial charge < -0.3 is 10.1 Å². The largest absolute Gasteiger partial charge is 0.379 e. The van der Waals surface area contributed by atoms with Gasteiger partial charge in [0.05, 0.1) is 24.6 Å². The SMILES string of the molecule is Cc1cccc(-n2nc(C(C)(C)C)cc2NCCN2CCOCC2)c1. The third-order valence-corrected chi connectivity index (χ3v) is 4.56. The summed E-state index contributed by atoms with van der Waals surface area (Å²) in [6.45, 7) is 14.4. The van der Waals surface area contributed by atoms with Crippen LogP contribution in [0, 0.1) is 6.92 Å². The molecule has 0 amide bonds. The summed E-state index contributed by atoms with van der Waals surface area (Å²) in [7, 11) is 0. The molecule has 5 heteroatoms. The van der Waals surface area contributed by atoms with Crippen molar-refractivity contribution in [1.29, 1.82) is 0 Å². The van der Waals surface area contributed by atoms with Gasteiger partial charge in [0, 0.05) is 37.7 Å². The molecule has 1 aromatic heterocycles. The molecule has 0 saturated carbocycles. The van der Waals surface area contributed by atoms with Crippen LogP contribution in [0.3, 0.4) is 0 Å². The molecule has 0 radical (unpaired) electrons. The molecule has 3 rings (SSSR count). The number of benzene rings is 1. The van der Waals surface area contributed by atoms with E-state index in [-0.39, 0.29) is 5.41 Å². The van der Waals surface area contributed by atoms with Crippen molar-refractivity contribution in [2.24, 2.45) is 0 Å². The van der Waals surface area contributed by atoms with Crippen LogP contribution in [0.15, 0.2) is 30.3 Å². The monoisotopic (exact) mass is 342 g/mol. The maximum absolute atomic E-state index is 5.42. The minimum absolute atomic E-state index is 0.0235. The Labute approximate surface area is 151 Å². The van der Waals surface area contributed by atoms with Crippen molar-refractivity contribution >= 4 is 5.82 Å². The van der Waals surface area contributed by atoms with E-state index in [4.69, 9.17) is 9.84 Å². The normalized spacial score (nSPS) is 16.2. The second-order valence-corrected chi connectivity index (χ2v) is 7.80. The fourth-order valence-electron chi connectivity index (χ4n) is 3.00. The van der Waals surface area contributed by atoms with Crippen LogP contribution in [0.5, 0.6) is 0 Å². The van der Waals surface area contributed by atoms with Gasteiger partial charge in [-0.25, -0.2) is 4.68 Å². The van der Waals surface area contributed by atoms with Gasteiger partial charge in [-0.2, -0.15) is 5.10 Å². The van der Waals surface area contributed by atoms with Gasteiger partial charge in [-0.15, -0.1) is 0 Å². The second-order valence-electron chi connectivity index (χ2n) is 7.80. The quantitative estimate of drug-likeness (QED) is 0.906. The van der Waals surface area contributed by atoms with Crippen molar-refractivity contribution in [3.63, 3.8) is 0 Å². The number of hydrogen-bond donors (Lipinski definition) is 1. The number of nitrogens with zero attached hydrogens (tertiary/aromatic N) is 3. The van der Waals surface area contributed by atoms with Crippen molar-refractivity contribution in [2.75, 3.05) is 44.7 Å². The van der Waals surface area contributed by atoms with Gasteiger partial charge in [-0.1, -0.05) is 32.9 Å². The van der Waals surface area contributed by atoms with E-state index in [2.05, 4.69) is 68.2 Å². The summed E-state index contributed by atoms with van der Waals surface area (Å²) in [6, 6.07) is 10.7. The van der Waals surface area contributed by atoms with Gasteiger partial charge >= 0.3 is 0 Å². The number of aryl methyl sites for hydroxylation is 1. The topological polar surface area (TPSA) is 42.3 Å².